The number of sulfonamides is 1. The molecule has 0 aliphatic carbocycles. The fourth-order valence-electron chi connectivity index (χ4n) is 1.51. The minimum absolute atomic E-state index is 0.0271. The second-order valence-electron chi connectivity index (χ2n) is 3.88. The van der Waals surface area contributed by atoms with Gasteiger partial charge in [-0.1, -0.05) is 0 Å². The van der Waals surface area contributed by atoms with Crippen molar-refractivity contribution >= 4 is 10.0 Å². The van der Waals surface area contributed by atoms with E-state index in [1.165, 1.54) is 42.8 Å². The molecule has 0 saturated carbocycles. The molecule has 0 amide bonds. The van der Waals surface area contributed by atoms with Gasteiger partial charge in [0.2, 0.25) is 10.0 Å². The molecule has 0 heterocycles. The summed E-state index contributed by atoms with van der Waals surface area (Å²) >= 11 is 0. The van der Waals surface area contributed by atoms with Gasteiger partial charge < -0.3 is 14.6 Å². The highest BCUT2D eigenvalue weighted by Crippen LogP contribution is 2.18. The van der Waals surface area contributed by atoms with Gasteiger partial charge in [0.25, 0.3) is 0 Å². The SMILES string of the molecule is COCCN(CCOC)S(=O)(=O)c1ccc(O)cc1. The number of ether oxygens (including phenoxy) is 2. The van der Waals surface area contributed by atoms with E-state index in [1.807, 2.05) is 0 Å². The Morgan fingerprint density at radius 2 is 1.53 bits per heavy atom. The fourth-order valence-corrected chi connectivity index (χ4v) is 2.91. The van der Waals surface area contributed by atoms with Gasteiger partial charge in [0, 0.05) is 27.3 Å². The number of rotatable bonds is 8. The van der Waals surface area contributed by atoms with Crippen LogP contribution in [0.1, 0.15) is 0 Å². The van der Waals surface area contributed by atoms with E-state index in [9.17, 15) is 13.5 Å². The average molecular weight is 289 g/mol. The van der Waals surface area contributed by atoms with E-state index in [1.54, 1.807) is 0 Å². The van der Waals surface area contributed by atoms with Crippen molar-refractivity contribution < 1.29 is 23.0 Å². The summed E-state index contributed by atoms with van der Waals surface area (Å²) in [6, 6.07) is 5.43. The first-order valence-electron chi connectivity index (χ1n) is 5.79. The maximum Gasteiger partial charge on any atom is 0.243 e. The lowest BCUT2D eigenvalue weighted by atomic mass is 10.3. The van der Waals surface area contributed by atoms with E-state index in [0.29, 0.717) is 13.2 Å². The number of hydrogen-bond acceptors (Lipinski definition) is 5. The molecule has 0 aliphatic heterocycles. The molecule has 0 bridgehead atoms. The number of methoxy groups -OCH3 is 2. The molecule has 19 heavy (non-hydrogen) atoms. The predicted octanol–water partition coefficient (Wildman–Crippen LogP) is 0.676. The minimum Gasteiger partial charge on any atom is -0.508 e. The largest absolute Gasteiger partial charge is 0.508 e. The third-order valence-corrected chi connectivity index (χ3v) is 4.48. The van der Waals surface area contributed by atoms with Crippen LogP contribution in [0.2, 0.25) is 0 Å². The second kappa shape index (κ2) is 7.44. The van der Waals surface area contributed by atoms with Crippen molar-refractivity contribution in [2.24, 2.45) is 0 Å². The molecule has 0 aromatic heterocycles. The third kappa shape index (κ3) is 4.46. The second-order valence-corrected chi connectivity index (χ2v) is 5.82. The molecule has 0 atom stereocenters. The fraction of sp³-hybridized carbons (Fsp3) is 0.500. The van der Waals surface area contributed by atoms with E-state index >= 15 is 0 Å². The Morgan fingerprint density at radius 1 is 1.05 bits per heavy atom. The molecule has 1 N–H and O–H groups in total. The van der Waals surface area contributed by atoms with E-state index in [0.717, 1.165) is 0 Å². The molecule has 0 spiro atoms. The summed E-state index contributed by atoms with van der Waals surface area (Å²) in [5, 5.41) is 9.20. The summed E-state index contributed by atoms with van der Waals surface area (Å²) in [7, 11) is -0.569. The first kappa shape index (κ1) is 15.9. The highest BCUT2D eigenvalue weighted by molar-refractivity contribution is 7.89. The maximum absolute atomic E-state index is 12.4. The van der Waals surface area contributed by atoms with Crippen LogP contribution in [0.15, 0.2) is 29.2 Å². The molecule has 0 saturated heterocycles. The summed E-state index contributed by atoms with van der Waals surface area (Å²) in [6.45, 7) is 1.12. The van der Waals surface area contributed by atoms with Crippen LogP contribution in [0.4, 0.5) is 0 Å². The molecule has 6 nitrogen and oxygen atoms in total. The van der Waals surface area contributed by atoms with Gasteiger partial charge in [-0.2, -0.15) is 4.31 Å². The molecule has 0 radical (unpaired) electrons. The van der Waals surface area contributed by atoms with Crippen molar-refractivity contribution in [2.45, 2.75) is 4.90 Å². The van der Waals surface area contributed by atoms with Crippen LogP contribution in [-0.2, 0) is 19.5 Å². The summed E-state index contributed by atoms with van der Waals surface area (Å²) in [5.41, 5.74) is 0. The molecule has 0 fully saturated rings. The van der Waals surface area contributed by atoms with Gasteiger partial charge in [-0.05, 0) is 24.3 Å². The number of phenolic OH excluding ortho intramolecular Hbond substituents is 1. The van der Waals surface area contributed by atoms with E-state index in [2.05, 4.69) is 0 Å². The zero-order valence-corrected chi connectivity index (χ0v) is 11.9. The summed E-state index contributed by atoms with van der Waals surface area (Å²) in [4.78, 5) is 0.137. The highest BCUT2D eigenvalue weighted by atomic mass is 32.2. The quantitative estimate of drug-likeness (QED) is 0.761. The van der Waals surface area contributed by atoms with Crippen LogP contribution in [-0.4, -0.2) is 58.4 Å². The summed E-state index contributed by atoms with van der Waals surface area (Å²) in [6.07, 6.45) is 0. The first-order valence-corrected chi connectivity index (χ1v) is 7.23. The Morgan fingerprint density at radius 3 is 1.95 bits per heavy atom. The molecule has 1 aromatic carbocycles. The Hall–Kier alpha value is -1.15. The lowest BCUT2D eigenvalue weighted by molar-refractivity contribution is 0.150. The van der Waals surface area contributed by atoms with Crippen molar-refractivity contribution in [3.8, 4) is 5.75 Å². The van der Waals surface area contributed by atoms with Gasteiger partial charge in [0.1, 0.15) is 5.75 Å². The first-order chi connectivity index (χ1) is 9.02. The van der Waals surface area contributed by atoms with Gasteiger partial charge in [0.05, 0.1) is 18.1 Å². The number of hydrogen-bond donors (Lipinski definition) is 1. The van der Waals surface area contributed by atoms with Crippen molar-refractivity contribution in [3.05, 3.63) is 24.3 Å². The van der Waals surface area contributed by atoms with Gasteiger partial charge in [0.15, 0.2) is 0 Å². The smallest absolute Gasteiger partial charge is 0.243 e. The van der Waals surface area contributed by atoms with Crippen molar-refractivity contribution in [3.63, 3.8) is 0 Å². The number of benzene rings is 1. The topological polar surface area (TPSA) is 76.1 Å². The molecule has 108 valence electrons. The van der Waals surface area contributed by atoms with Gasteiger partial charge in [-0.15, -0.1) is 0 Å². The normalized spacial score (nSPS) is 11.9. The van der Waals surface area contributed by atoms with Crippen LogP contribution in [0, 0.1) is 0 Å². The molecular weight excluding hydrogens is 270 g/mol. The van der Waals surface area contributed by atoms with E-state index < -0.39 is 10.0 Å². The number of nitrogens with zero attached hydrogens (tertiary/aromatic N) is 1. The summed E-state index contributed by atoms with van der Waals surface area (Å²) in [5.74, 6) is 0.0271. The zero-order chi connectivity index (χ0) is 14.3. The standard InChI is InChI=1S/C12H19NO5S/c1-17-9-7-13(8-10-18-2)19(15,16)12-5-3-11(14)4-6-12/h3-6,14H,7-10H2,1-2H3. The maximum atomic E-state index is 12.4. The van der Waals surface area contributed by atoms with E-state index in [4.69, 9.17) is 9.47 Å². The zero-order valence-electron chi connectivity index (χ0n) is 11.1. The summed E-state index contributed by atoms with van der Waals surface area (Å²) < 4.78 is 35.9. The lowest BCUT2D eigenvalue weighted by Crippen LogP contribution is -2.36. The Balaban J connectivity index is 2.93. The van der Waals surface area contributed by atoms with E-state index in [-0.39, 0.29) is 23.7 Å². The van der Waals surface area contributed by atoms with Crippen LogP contribution in [0.25, 0.3) is 0 Å². The van der Waals surface area contributed by atoms with Gasteiger partial charge in [-0.3, -0.25) is 0 Å². The molecule has 0 unspecified atom stereocenters. The monoisotopic (exact) mass is 289 g/mol. The highest BCUT2D eigenvalue weighted by Gasteiger charge is 2.23. The van der Waals surface area contributed by atoms with Crippen molar-refractivity contribution in [1.29, 1.82) is 0 Å². The van der Waals surface area contributed by atoms with Crippen molar-refractivity contribution in [1.82, 2.24) is 4.31 Å². The number of phenols is 1. The van der Waals surface area contributed by atoms with Gasteiger partial charge in [-0.25, -0.2) is 8.42 Å². The Kier molecular flexibility index (Phi) is 6.23. The average Bonchev–Trinajstić information content (AvgIpc) is 2.39. The molecule has 1 rings (SSSR count). The molecular formula is C12H19NO5S. The Labute approximate surface area is 113 Å². The van der Waals surface area contributed by atoms with Crippen LogP contribution >= 0.6 is 0 Å². The van der Waals surface area contributed by atoms with Crippen LogP contribution in [0.5, 0.6) is 5.75 Å². The molecule has 1 aromatic rings. The number of aromatic hydroxyl groups is 1. The minimum atomic E-state index is -3.60. The third-order valence-electron chi connectivity index (χ3n) is 2.56. The van der Waals surface area contributed by atoms with Crippen molar-refractivity contribution in [2.75, 3.05) is 40.5 Å². The molecule has 0 aliphatic rings. The van der Waals surface area contributed by atoms with Crippen LogP contribution in [0.3, 0.4) is 0 Å². The van der Waals surface area contributed by atoms with Crippen LogP contribution < -0.4 is 0 Å². The van der Waals surface area contributed by atoms with Gasteiger partial charge >= 0.3 is 0 Å². The lowest BCUT2D eigenvalue weighted by Gasteiger charge is -2.21. The Bertz CT molecular complexity index is 463. The predicted molar refractivity (Wildman–Crippen MR) is 70.6 cm³/mol. The molecule has 7 heteroatoms.